The molecule has 0 aliphatic carbocycles. The number of hydrogen-bond acceptors (Lipinski definition) is 4. The minimum absolute atomic E-state index is 0.0496. The molecule has 0 atom stereocenters. The van der Waals surface area contributed by atoms with Gasteiger partial charge in [-0.05, 0) is 37.5 Å². The number of hydrogen-bond donors (Lipinski definition) is 0. The van der Waals surface area contributed by atoms with Crippen molar-refractivity contribution in [2.75, 3.05) is 13.1 Å². The second kappa shape index (κ2) is 6.22. The number of fused-ring (bicyclic) bond motifs is 1. The van der Waals surface area contributed by atoms with Gasteiger partial charge >= 0.3 is 0 Å². The van der Waals surface area contributed by atoms with Crippen LogP contribution in [0.1, 0.15) is 39.9 Å². The number of rotatable bonds is 2. The van der Waals surface area contributed by atoms with Crippen LogP contribution in [0.25, 0.3) is 0 Å². The van der Waals surface area contributed by atoms with Gasteiger partial charge in [0.25, 0.3) is 5.91 Å². The number of nitrogens with zero attached hydrogens (tertiary/aromatic N) is 4. The quantitative estimate of drug-likeness (QED) is 0.850. The van der Waals surface area contributed by atoms with Crippen LogP contribution < -0.4 is 0 Å². The molecule has 0 N–H and O–H groups in total. The van der Waals surface area contributed by atoms with E-state index < -0.39 is 0 Å². The van der Waals surface area contributed by atoms with Crippen LogP contribution in [-0.2, 0) is 19.3 Å². The van der Waals surface area contributed by atoms with Gasteiger partial charge in [-0.15, -0.1) is 0 Å². The van der Waals surface area contributed by atoms with E-state index in [9.17, 15) is 4.79 Å². The third kappa shape index (κ3) is 2.84. The van der Waals surface area contributed by atoms with Crippen molar-refractivity contribution in [2.24, 2.45) is 0 Å². The molecule has 0 spiro atoms. The van der Waals surface area contributed by atoms with Crippen LogP contribution in [0.3, 0.4) is 0 Å². The first-order chi connectivity index (χ1) is 10.7. The normalized spacial score (nSPS) is 14.4. The van der Waals surface area contributed by atoms with E-state index in [1.807, 2.05) is 24.0 Å². The number of pyridine rings is 1. The lowest BCUT2D eigenvalue weighted by Gasteiger charge is -2.20. The first kappa shape index (κ1) is 14.6. The minimum atomic E-state index is 0.0496. The van der Waals surface area contributed by atoms with Gasteiger partial charge in [-0.25, -0.2) is 9.97 Å². The molecule has 5 nitrogen and oxygen atoms in total. The molecule has 3 heterocycles. The van der Waals surface area contributed by atoms with Crippen LogP contribution in [0.4, 0.5) is 0 Å². The smallest absolute Gasteiger partial charge is 0.255 e. The zero-order chi connectivity index (χ0) is 15.5. The molecule has 0 unspecified atom stereocenters. The molecule has 0 saturated heterocycles. The summed E-state index contributed by atoms with van der Waals surface area (Å²) in [5.74, 6) is 0.0496. The first-order valence-electron chi connectivity index (χ1n) is 7.72. The Morgan fingerprint density at radius 2 is 2.00 bits per heavy atom. The number of carbonyl (C=O) groups is 1. The van der Waals surface area contributed by atoms with Crippen LogP contribution in [0.2, 0.25) is 0 Å². The van der Waals surface area contributed by atoms with E-state index in [0.717, 1.165) is 36.3 Å². The van der Waals surface area contributed by atoms with Gasteiger partial charge in [0.05, 0.1) is 5.56 Å². The Labute approximate surface area is 130 Å². The van der Waals surface area contributed by atoms with Gasteiger partial charge in [0.2, 0.25) is 0 Å². The highest BCUT2D eigenvalue weighted by Gasteiger charge is 2.21. The van der Waals surface area contributed by atoms with Crippen molar-refractivity contribution >= 4 is 5.91 Å². The Bertz CT molecular complexity index is 682. The Balaban J connectivity index is 1.76. The molecule has 5 heteroatoms. The van der Waals surface area contributed by atoms with Gasteiger partial charge in [-0.1, -0.05) is 6.92 Å². The number of aromatic nitrogens is 3. The van der Waals surface area contributed by atoms with Crippen LogP contribution in [0.5, 0.6) is 0 Å². The molecule has 1 aliphatic rings. The third-order valence-electron chi connectivity index (χ3n) is 4.22. The molecule has 1 amide bonds. The van der Waals surface area contributed by atoms with Crippen molar-refractivity contribution < 1.29 is 4.79 Å². The van der Waals surface area contributed by atoms with E-state index in [-0.39, 0.29) is 5.91 Å². The molecular formula is C17H20N4O. The van der Waals surface area contributed by atoms with Crippen molar-refractivity contribution in [2.45, 2.75) is 33.1 Å². The molecule has 0 radical (unpaired) electrons. The lowest BCUT2D eigenvalue weighted by molar-refractivity contribution is 0.0762. The van der Waals surface area contributed by atoms with Gasteiger partial charge in [0, 0.05) is 42.8 Å². The second-order valence-corrected chi connectivity index (χ2v) is 5.57. The Kier molecular flexibility index (Phi) is 4.13. The van der Waals surface area contributed by atoms with E-state index in [4.69, 9.17) is 0 Å². The first-order valence-corrected chi connectivity index (χ1v) is 7.72. The fourth-order valence-electron chi connectivity index (χ4n) is 2.84. The monoisotopic (exact) mass is 296 g/mol. The molecule has 3 rings (SSSR count). The molecule has 22 heavy (non-hydrogen) atoms. The highest BCUT2D eigenvalue weighted by Crippen LogP contribution is 2.17. The maximum Gasteiger partial charge on any atom is 0.255 e. The number of amides is 1. The molecule has 0 aromatic carbocycles. The largest absolute Gasteiger partial charge is 0.338 e. The van der Waals surface area contributed by atoms with E-state index >= 15 is 0 Å². The van der Waals surface area contributed by atoms with Crippen molar-refractivity contribution in [1.82, 2.24) is 19.9 Å². The van der Waals surface area contributed by atoms with Crippen LogP contribution >= 0.6 is 0 Å². The molecule has 1 aliphatic heterocycles. The maximum atomic E-state index is 12.6. The van der Waals surface area contributed by atoms with Gasteiger partial charge in [-0.2, -0.15) is 0 Å². The average Bonchev–Trinajstić information content (AvgIpc) is 2.78. The minimum Gasteiger partial charge on any atom is -0.338 e. The summed E-state index contributed by atoms with van der Waals surface area (Å²) in [5.41, 5.74) is 4.95. The standard InChI is InChI=1S/C17H20N4O/c1-3-14-5-4-13(10-18-14)17(22)21-8-6-15-12(2)19-11-20-16(15)7-9-21/h4-5,10-11H,3,6-9H2,1-2H3. The van der Waals surface area contributed by atoms with Gasteiger partial charge in [0.1, 0.15) is 6.33 Å². The van der Waals surface area contributed by atoms with E-state index in [1.54, 1.807) is 12.5 Å². The number of carbonyl (C=O) groups excluding carboxylic acids is 1. The summed E-state index contributed by atoms with van der Waals surface area (Å²) in [7, 11) is 0. The Morgan fingerprint density at radius 1 is 1.18 bits per heavy atom. The zero-order valence-corrected chi connectivity index (χ0v) is 13.0. The average molecular weight is 296 g/mol. The number of aryl methyl sites for hydroxylation is 2. The third-order valence-corrected chi connectivity index (χ3v) is 4.22. The highest BCUT2D eigenvalue weighted by atomic mass is 16.2. The summed E-state index contributed by atoms with van der Waals surface area (Å²) in [6, 6.07) is 3.80. The van der Waals surface area contributed by atoms with Crippen molar-refractivity contribution in [3.63, 3.8) is 0 Å². The molecule has 114 valence electrons. The second-order valence-electron chi connectivity index (χ2n) is 5.57. The summed E-state index contributed by atoms with van der Waals surface area (Å²) in [5, 5.41) is 0. The van der Waals surface area contributed by atoms with Crippen molar-refractivity contribution in [3.05, 3.63) is 52.9 Å². The zero-order valence-electron chi connectivity index (χ0n) is 13.0. The van der Waals surface area contributed by atoms with Crippen molar-refractivity contribution in [1.29, 1.82) is 0 Å². The van der Waals surface area contributed by atoms with Gasteiger partial charge < -0.3 is 4.90 Å². The summed E-state index contributed by atoms with van der Waals surface area (Å²) in [4.78, 5) is 27.5. The predicted octanol–water partition coefficient (Wildman–Crippen LogP) is 1.98. The summed E-state index contributed by atoms with van der Waals surface area (Å²) < 4.78 is 0. The molecule has 2 aromatic rings. The van der Waals surface area contributed by atoms with Crippen LogP contribution in [0, 0.1) is 6.92 Å². The Morgan fingerprint density at radius 3 is 2.73 bits per heavy atom. The molecular weight excluding hydrogens is 276 g/mol. The van der Waals surface area contributed by atoms with E-state index in [2.05, 4.69) is 21.9 Å². The lowest BCUT2D eigenvalue weighted by atomic mass is 10.1. The highest BCUT2D eigenvalue weighted by molar-refractivity contribution is 5.94. The van der Waals surface area contributed by atoms with Gasteiger partial charge in [-0.3, -0.25) is 9.78 Å². The topological polar surface area (TPSA) is 59.0 Å². The van der Waals surface area contributed by atoms with Crippen molar-refractivity contribution in [3.8, 4) is 0 Å². The van der Waals surface area contributed by atoms with E-state index in [1.165, 1.54) is 5.56 Å². The SMILES string of the molecule is CCc1ccc(C(=O)N2CCc3ncnc(C)c3CC2)cn1. The van der Waals surface area contributed by atoms with Gasteiger partial charge in [0.15, 0.2) is 0 Å². The van der Waals surface area contributed by atoms with Crippen LogP contribution in [-0.4, -0.2) is 38.8 Å². The lowest BCUT2D eigenvalue weighted by Crippen LogP contribution is -2.33. The molecule has 0 bridgehead atoms. The molecule has 0 saturated carbocycles. The fraction of sp³-hybridized carbons (Fsp3) is 0.412. The van der Waals surface area contributed by atoms with Crippen LogP contribution in [0.15, 0.2) is 24.7 Å². The molecule has 0 fully saturated rings. The maximum absolute atomic E-state index is 12.6. The Hall–Kier alpha value is -2.30. The predicted molar refractivity (Wildman–Crippen MR) is 83.7 cm³/mol. The molecule has 2 aromatic heterocycles. The van der Waals surface area contributed by atoms with E-state index in [0.29, 0.717) is 18.7 Å². The summed E-state index contributed by atoms with van der Waals surface area (Å²) >= 11 is 0. The summed E-state index contributed by atoms with van der Waals surface area (Å²) in [6.45, 7) is 5.46. The summed E-state index contributed by atoms with van der Waals surface area (Å²) in [6.07, 6.45) is 5.77. The fourth-order valence-corrected chi connectivity index (χ4v) is 2.84.